The van der Waals surface area contributed by atoms with Crippen molar-refractivity contribution in [2.75, 3.05) is 12.4 Å². The van der Waals surface area contributed by atoms with Crippen molar-refractivity contribution in [1.82, 2.24) is 19.7 Å². The third-order valence-electron chi connectivity index (χ3n) is 2.45. The first-order chi connectivity index (χ1) is 8.81. The number of hydrogen-bond donors (Lipinski definition) is 1. The van der Waals surface area contributed by atoms with Gasteiger partial charge in [-0.2, -0.15) is 23.3 Å². The number of aromatic nitrogens is 4. The number of rotatable bonds is 2. The summed E-state index contributed by atoms with van der Waals surface area (Å²) in [6.07, 6.45) is -4.53. The lowest BCUT2D eigenvalue weighted by atomic mass is 10.3. The smallest absolute Gasteiger partial charge is 0.357 e. The van der Waals surface area contributed by atoms with Gasteiger partial charge in [0.15, 0.2) is 11.5 Å². The number of anilines is 1. The molecule has 2 heterocycles. The van der Waals surface area contributed by atoms with E-state index in [1.54, 1.807) is 19.9 Å². The van der Waals surface area contributed by atoms with E-state index in [2.05, 4.69) is 20.4 Å². The zero-order valence-corrected chi connectivity index (χ0v) is 10.6. The molecular weight excluding hydrogens is 259 g/mol. The summed E-state index contributed by atoms with van der Waals surface area (Å²) in [5, 5.41) is 6.62. The Morgan fingerprint density at radius 1 is 1.16 bits per heavy atom. The van der Waals surface area contributed by atoms with Crippen LogP contribution in [-0.4, -0.2) is 26.8 Å². The third kappa shape index (κ3) is 2.67. The van der Waals surface area contributed by atoms with Gasteiger partial charge in [0.25, 0.3) is 0 Å². The van der Waals surface area contributed by atoms with Gasteiger partial charge in [-0.05, 0) is 19.9 Å². The van der Waals surface area contributed by atoms with Crippen LogP contribution in [0.5, 0.6) is 0 Å². The Hall–Kier alpha value is -2.12. The highest BCUT2D eigenvalue weighted by atomic mass is 19.4. The van der Waals surface area contributed by atoms with Gasteiger partial charge in [-0.1, -0.05) is 0 Å². The van der Waals surface area contributed by atoms with Crippen molar-refractivity contribution in [3.05, 3.63) is 29.2 Å². The van der Waals surface area contributed by atoms with Crippen molar-refractivity contribution in [2.45, 2.75) is 20.0 Å². The molecule has 2 aromatic heterocycles. The lowest BCUT2D eigenvalue weighted by Gasteiger charge is -2.10. The molecule has 0 aliphatic rings. The molecule has 0 spiro atoms. The van der Waals surface area contributed by atoms with Gasteiger partial charge < -0.3 is 5.32 Å². The first-order valence-corrected chi connectivity index (χ1v) is 5.49. The van der Waals surface area contributed by atoms with E-state index in [9.17, 15) is 13.2 Å². The maximum Gasteiger partial charge on any atom is 0.433 e. The molecule has 0 amide bonds. The van der Waals surface area contributed by atoms with Gasteiger partial charge in [0.05, 0.1) is 5.69 Å². The van der Waals surface area contributed by atoms with E-state index in [4.69, 9.17) is 0 Å². The van der Waals surface area contributed by atoms with E-state index in [0.29, 0.717) is 11.4 Å². The molecule has 0 aliphatic heterocycles. The van der Waals surface area contributed by atoms with Crippen LogP contribution in [0.25, 0.3) is 5.82 Å². The van der Waals surface area contributed by atoms with Crippen LogP contribution in [0.2, 0.25) is 0 Å². The molecule has 19 heavy (non-hydrogen) atoms. The molecule has 2 aromatic rings. The van der Waals surface area contributed by atoms with Crippen molar-refractivity contribution < 1.29 is 13.2 Å². The van der Waals surface area contributed by atoms with E-state index < -0.39 is 11.9 Å². The Morgan fingerprint density at radius 2 is 1.84 bits per heavy atom. The van der Waals surface area contributed by atoms with Crippen LogP contribution >= 0.6 is 0 Å². The Balaban J connectivity index is 2.60. The maximum absolute atomic E-state index is 12.8. The van der Waals surface area contributed by atoms with E-state index >= 15 is 0 Å². The highest BCUT2D eigenvalue weighted by Crippen LogP contribution is 2.29. The first kappa shape index (κ1) is 13.3. The van der Waals surface area contributed by atoms with Gasteiger partial charge >= 0.3 is 6.18 Å². The zero-order chi connectivity index (χ0) is 14.2. The summed E-state index contributed by atoms with van der Waals surface area (Å²) in [4.78, 5) is 7.38. The minimum atomic E-state index is -4.53. The Bertz CT molecular complexity index is 603. The predicted octanol–water partition coefficient (Wildman–Crippen LogP) is 2.34. The number of nitrogens with zero attached hydrogens (tertiary/aromatic N) is 4. The predicted molar refractivity (Wildman–Crippen MR) is 63.2 cm³/mol. The standard InChI is InChI=1S/C11H12F3N5/c1-6-4-7(2)19(18-6)9-5-8(11(12,13)14)16-10(15-3)17-9/h4-5H,1-3H3,(H,15,16,17). The third-order valence-corrected chi connectivity index (χ3v) is 2.45. The second kappa shape index (κ2) is 4.52. The lowest BCUT2D eigenvalue weighted by molar-refractivity contribution is -0.141. The fourth-order valence-corrected chi connectivity index (χ4v) is 1.66. The summed E-state index contributed by atoms with van der Waals surface area (Å²) in [5.41, 5.74) is 0.399. The molecule has 0 aromatic carbocycles. The minimum absolute atomic E-state index is 0.0808. The largest absolute Gasteiger partial charge is 0.433 e. The number of alkyl halides is 3. The molecule has 8 heteroatoms. The van der Waals surface area contributed by atoms with Gasteiger partial charge in [-0.15, -0.1) is 0 Å². The summed E-state index contributed by atoms with van der Waals surface area (Å²) in [5.74, 6) is -0.0188. The number of nitrogens with one attached hydrogen (secondary N) is 1. The fraction of sp³-hybridized carbons (Fsp3) is 0.364. The van der Waals surface area contributed by atoms with Crippen LogP contribution in [0.15, 0.2) is 12.1 Å². The maximum atomic E-state index is 12.8. The van der Waals surface area contributed by atoms with Crippen molar-refractivity contribution in [3.63, 3.8) is 0 Å². The van der Waals surface area contributed by atoms with E-state index in [1.165, 1.54) is 11.7 Å². The van der Waals surface area contributed by atoms with Crippen LogP contribution in [-0.2, 0) is 6.18 Å². The van der Waals surface area contributed by atoms with Crippen LogP contribution in [0, 0.1) is 13.8 Å². The highest BCUT2D eigenvalue weighted by molar-refractivity contribution is 5.36. The summed E-state index contributed by atoms with van der Waals surface area (Å²) < 4.78 is 39.6. The molecule has 0 unspecified atom stereocenters. The second-order valence-electron chi connectivity index (χ2n) is 4.02. The summed E-state index contributed by atoms with van der Waals surface area (Å²) in [7, 11) is 1.46. The Labute approximate surface area is 107 Å². The average molecular weight is 271 g/mol. The minimum Gasteiger partial charge on any atom is -0.357 e. The van der Waals surface area contributed by atoms with Gasteiger partial charge in [-0.3, -0.25) is 0 Å². The molecule has 0 bridgehead atoms. The molecule has 0 fully saturated rings. The van der Waals surface area contributed by atoms with Crippen molar-refractivity contribution in [3.8, 4) is 5.82 Å². The first-order valence-electron chi connectivity index (χ1n) is 5.49. The van der Waals surface area contributed by atoms with Crippen LogP contribution in [0.4, 0.5) is 19.1 Å². The molecule has 102 valence electrons. The monoisotopic (exact) mass is 271 g/mol. The zero-order valence-electron chi connectivity index (χ0n) is 10.6. The Kier molecular flexibility index (Phi) is 3.17. The van der Waals surface area contributed by atoms with Crippen molar-refractivity contribution in [2.24, 2.45) is 0 Å². The topological polar surface area (TPSA) is 55.6 Å². The van der Waals surface area contributed by atoms with Gasteiger partial charge in [0.1, 0.15) is 0 Å². The SMILES string of the molecule is CNc1nc(-n2nc(C)cc2C)cc(C(F)(F)F)n1. The van der Waals surface area contributed by atoms with Gasteiger partial charge in [-0.25, -0.2) is 9.67 Å². The fourth-order valence-electron chi connectivity index (χ4n) is 1.66. The highest BCUT2D eigenvalue weighted by Gasteiger charge is 2.34. The molecule has 2 rings (SSSR count). The molecule has 0 radical (unpaired) electrons. The number of halogens is 3. The van der Waals surface area contributed by atoms with Crippen molar-refractivity contribution in [1.29, 1.82) is 0 Å². The van der Waals surface area contributed by atoms with E-state index in [1.807, 2.05) is 0 Å². The number of hydrogen-bond acceptors (Lipinski definition) is 4. The quantitative estimate of drug-likeness (QED) is 0.910. The molecular formula is C11H12F3N5. The van der Waals surface area contributed by atoms with Crippen LogP contribution < -0.4 is 5.32 Å². The molecule has 0 aliphatic carbocycles. The lowest BCUT2D eigenvalue weighted by Crippen LogP contribution is -2.14. The van der Waals surface area contributed by atoms with Gasteiger partial charge in [0, 0.05) is 18.8 Å². The second-order valence-corrected chi connectivity index (χ2v) is 4.02. The molecule has 0 saturated carbocycles. The van der Waals surface area contributed by atoms with Crippen molar-refractivity contribution >= 4 is 5.95 Å². The van der Waals surface area contributed by atoms with Crippen LogP contribution in [0.3, 0.4) is 0 Å². The Morgan fingerprint density at radius 3 is 2.32 bits per heavy atom. The normalized spacial score (nSPS) is 11.7. The van der Waals surface area contributed by atoms with E-state index in [-0.39, 0.29) is 11.8 Å². The summed E-state index contributed by atoms with van der Waals surface area (Å²) >= 11 is 0. The summed E-state index contributed by atoms with van der Waals surface area (Å²) in [6.45, 7) is 3.50. The molecule has 0 saturated heterocycles. The van der Waals surface area contributed by atoms with Gasteiger partial charge in [0.2, 0.25) is 5.95 Å². The number of aryl methyl sites for hydroxylation is 2. The van der Waals surface area contributed by atoms with Crippen LogP contribution in [0.1, 0.15) is 17.1 Å². The van der Waals surface area contributed by atoms with E-state index in [0.717, 1.165) is 6.07 Å². The molecule has 5 nitrogen and oxygen atoms in total. The molecule has 1 N–H and O–H groups in total. The summed E-state index contributed by atoms with van der Waals surface area (Å²) in [6, 6.07) is 2.63. The average Bonchev–Trinajstić information content (AvgIpc) is 2.66. The molecule has 0 atom stereocenters.